The number of fused-ring (bicyclic) bond motifs is 2. The van der Waals surface area contributed by atoms with Gasteiger partial charge in [-0.3, -0.25) is 4.79 Å². The van der Waals surface area contributed by atoms with Gasteiger partial charge in [0.15, 0.2) is 0 Å². The smallest absolute Gasteiger partial charge is 0.336 e. The van der Waals surface area contributed by atoms with Gasteiger partial charge in [-0.1, -0.05) is 42.5 Å². The first-order valence-electron chi connectivity index (χ1n) is 10.5. The molecule has 33 heavy (non-hydrogen) atoms. The Kier molecular flexibility index (Phi) is 5.32. The van der Waals surface area contributed by atoms with E-state index >= 15 is 0 Å². The van der Waals surface area contributed by atoms with Crippen molar-refractivity contribution in [2.75, 3.05) is 0 Å². The molecular formula is C27H20N2O4. The Balaban J connectivity index is 1.42. The molecule has 2 aromatic heterocycles. The Morgan fingerprint density at radius 3 is 2.55 bits per heavy atom. The Morgan fingerprint density at radius 1 is 0.879 bits per heavy atom. The molecule has 6 nitrogen and oxygen atoms in total. The number of carboxylic acid groups (broad SMARTS) is 1. The van der Waals surface area contributed by atoms with Gasteiger partial charge in [0.05, 0.1) is 28.8 Å². The van der Waals surface area contributed by atoms with E-state index in [1.54, 1.807) is 34.9 Å². The van der Waals surface area contributed by atoms with Gasteiger partial charge in [-0.05, 0) is 48.0 Å². The van der Waals surface area contributed by atoms with E-state index in [1.807, 2.05) is 54.6 Å². The van der Waals surface area contributed by atoms with E-state index in [0.29, 0.717) is 23.4 Å². The minimum absolute atomic E-state index is 0.167. The van der Waals surface area contributed by atoms with Crippen LogP contribution in [0.25, 0.3) is 21.8 Å². The Bertz CT molecular complexity index is 1560. The maximum absolute atomic E-state index is 12.6. The fourth-order valence-corrected chi connectivity index (χ4v) is 3.92. The third-order valence-corrected chi connectivity index (χ3v) is 5.58. The van der Waals surface area contributed by atoms with Gasteiger partial charge in [-0.15, -0.1) is 0 Å². The topological polar surface area (TPSA) is 81.4 Å². The van der Waals surface area contributed by atoms with Crippen molar-refractivity contribution in [3.63, 3.8) is 0 Å². The van der Waals surface area contributed by atoms with Crippen LogP contribution < -0.4 is 10.3 Å². The minimum atomic E-state index is -1.02. The number of carboxylic acids is 1. The predicted molar refractivity (Wildman–Crippen MR) is 127 cm³/mol. The van der Waals surface area contributed by atoms with Crippen LogP contribution in [0.15, 0.2) is 95.8 Å². The molecule has 6 heteroatoms. The van der Waals surface area contributed by atoms with Gasteiger partial charge in [0.1, 0.15) is 12.4 Å². The van der Waals surface area contributed by atoms with Crippen molar-refractivity contribution in [1.82, 2.24) is 9.55 Å². The van der Waals surface area contributed by atoms with Gasteiger partial charge in [-0.25, -0.2) is 9.78 Å². The van der Waals surface area contributed by atoms with Crippen molar-refractivity contribution in [3.8, 4) is 5.75 Å². The second-order valence-electron chi connectivity index (χ2n) is 7.72. The number of benzene rings is 3. The van der Waals surface area contributed by atoms with Crippen molar-refractivity contribution < 1.29 is 14.6 Å². The van der Waals surface area contributed by atoms with Crippen molar-refractivity contribution in [1.29, 1.82) is 0 Å². The molecule has 0 aliphatic rings. The normalized spacial score (nSPS) is 11.0. The number of aromatic carboxylic acids is 1. The zero-order valence-corrected chi connectivity index (χ0v) is 17.6. The SMILES string of the molecule is O=C(O)c1ccccc1Cn1c(=O)ccc2cc(OCc3ccc4ccccc4n3)ccc21. The van der Waals surface area contributed by atoms with Gasteiger partial charge in [0.25, 0.3) is 5.56 Å². The van der Waals surface area contributed by atoms with E-state index in [-0.39, 0.29) is 17.7 Å². The Hall–Kier alpha value is -4.45. The first-order chi connectivity index (χ1) is 16.1. The molecule has 162 valence electrons. The number of rotatable bonds is 6. The molecule has 5 rings (SSSR count). The quantitative estimate of drug-likeness (QED) is 0.411. The van der Waals surface area contributed by atoms with E-state index in [2.05, 4.69) is 4.98 Å². The molecular weight excluding hydrogens is 416 g/mol. The van der Waals surface area contributed by atoms with Crippen LogP contribution in [0, 0.1) is 0 Å². The van der Waals surface area contributed by atoms with Gasteiger partial charge >= 0.3 is 5.97 Å². The molecule has 0 atom stereocenters. The van der Waals surface area contributed by atoms with E-state index in [0.717, 1.165) is 22.0 Å². The predicted octanol–water partition coefficient (Wildman–Crippen LogP) is 4.88. The second kappa shape index (κ2) is 8.59. The summed E-state index contributed by atoms with van der Waals surface area (Å²) in [6.07, 6.45) is 0. The minimum Gasteiger partial charge on any atom is -0.487 e. The molecule has 0 bridgehead atoms. The third kappa shape index (κ3) is 4.19. The number of hydrogen-bond acceptors (Lipinski definition) is 4. The summed E-state index contributed by atoms with van der Waals surface area (Å²) in [5.41, 5.74) is 3.01. The summed E-state index contributed by atoms with van der Waals surface area (Å²) in [6, 6.07) is 27.3. The summed E-state index contributed by atoms with van der Waals surface area (Å²) in [5.74, 6) is -0.356. The molecule has 0 spiro atoms. The van der Waals surface area contributed by atoms with E-state index in [4.69, 9.17) is 4.74 Å². The maximum Gasteiger partial charge on any atom is 0.336 e. The van der Waals surface area contributed by atoms with Gasteiger partial charge < -0.3 is 14.4 Å². The molecule has 5 aromatic rings. The molecule has 1 N–H and O–H groups in total. The lowest BCUT2D eigenvalue weighted by molar-refractivity contribution is 0.0695. The summed E-state index contributed by atoms with van der Waals surface area (Å²) in [5, 5.41) is 11.4. The standard InChI is InChI=1S/C27H20N2O4/c30-26-14-10-19-15-22(33-17-21-11-9-18-5-2-4-8-24(18)28-21)12-13-25(19)29(26)16-20-6-1-3-7-23(20)27(31)32/h1-15H,16-17H2,(H,31,32). The zero-order chi connectivity index (χ0) is 22.8. The summed E-state index contributed by atoms with van der Waals surface area (Å²) >= 11 is 0. The number of para-hydroxylation sites is 1. The van der Waals surface area contributed by atoms with Crippen LogP contribution in [0.1, 0.15) is 21.6 Å². The Morgan fingerprint density at radius 2 is 1.67 bits per heavy atom. The van der Waals surface area contributed by atoms with Crippen LogP contribution in [0.3, 0.4) is 0 Å². The summed E-state index contributed by atoms with van der Waals surface area (Å²) in [6.45, 7) is 0.488. The van der Waals surface area contributed by atoms with Crippen molar-refractivity contribution in [2.24, 2.45) is 0 Å². The van der Waals surface area contributed by atoms with Crippen LogP contribution in [-0.2, 0) is 13.2 Å². The number of pyridine rings is 2. The van der Waals surface area contributed by atoms with E-state index in [1.165, 1.54) is 6.07 Å². The molecule has 0 saturated carbocycles. The average Bonchev–Trinajstić information content (AvgIpc) is 2.84. The second-order valence-corrected chi connectivity index (χ2v) is 7.72. The highest BCUT2D eigenvalue weighted by Gasteiger charge is 2.12. The molecule has 0 amide bonds. The lowest BCUT2D eigenvalue weighted by atomic mass is 10.1. The zero-order valence-electron chi connectivity index (χ0n) is 17.6. The van der Waals surface area contributed by atoms with Crippen molar-refractivity contribution in [3.05, 3.63) is 118 Å². The van der Waals surface area contributed by atoms with Gasteiger partial charge in [0, 0.05) is 16.8 Å². The molecule has 3 aromatic carbocycles. The fraction of sp³-hybridized carbons (Fsp3) is 0.0741. The van der Waals surface area contributed by atoms with Gasteiger partial charge in [0.2, 0.25) is 0 Å². The lowest BCUT2D eigenvalue weighted by Gasteiger charge is -2.13. The first-order valence-corrected chi connectivity index (χ1v) is 10.5. The van der Waals surface area contributed by atoms with Crippen LogP contribution in [-0.4, -0.2) is 20.6 Å². The number of aromatic nitrogens is 2. The van der Waals surface area contributed by atoms with Crippen molar-refractivity contribution >= 4 is 27.8 Å². The monoisotopic (exact) mass is 436 g/mol. The average molecular weight is 436 g/mol. The lowest BCUT2D eigenvalue weighted by Crippen LogP contribution is -2.21. The highest BCUT2D eigenvalue weighted by molar-refractivity contribution is 5.89. The molecule has 0 radical (unpaired) electrons. The summed E-state index contributed by atoms with van der Waals surface area (Å²) in [4.78, 5) is 28.8. The highest BCUT2D eigenvalue weighted by Crippen LogP contribution is 2.22. The fourth-order valence-electron chi connectivity index (χ4n) is 3.92. The number of nitrogens with zero attached hydrogens (tertiary/aromatic N) is 2. The third-order valence-electron chi connectivity index (χ3n) is 5.58. The largest absolute Gasteiger partial charge is 0.487 e. The number of hydrogen-bond donors (Lipinski definition) is 1. The summed E-state index contributed by atoms with van der Waals surface area (Å²) < 4.78 is 7.54. The molecule has 0 saturated heterocycles. The molecule has 0 aliphatic carbocycles. The van der Waals surface area contributed by atoms with Crippen molar-refractivity contribution in [2.45, 2.75) is 13.2 Å². The molecule has 2 heterocycles. The summed E-state index contributed by atoms with van der Waals surface area (Å²) in [7, 11) is 0. The number of carbonyl (C=O) groups is 1. The molecule has 0 aliphatic heterocycles. The maximum atomic E-state index is 12.6. The van der Waals surface area contributed by atoms with Gasteiger partial charge in [-0.2, -0.15) is 0 Å². The van der Waals surface area contributed by atoms with Crippen LogP contribution >= 0.6 is 0 Å². The molecule has 0 unspecified atom stereocenters. The highest BCUT2D eigenvalue weighted by atomic mass is 16.5. The van der Waals surface area contributed by atoms with E-state index < -0.39 is 5.97 Å². The van der Waals surface area contributed by atoms with Crippen LogP contribution in [0.4, 0.5) is 0 Å². The Labute approximate surface area is 189 Å². The number of ether oxygens (including phenoxy) is 1. The van der Waals surface area contributed by atoms with Crippen LogP contribution in [0.2, 0.25) is 0 Å². The van der Waals surface area contributed by atoms with Crippen LogP contribution in [0.5, 0.6) is 5.75 Å². The molecule has 0 fully saturated rings. The first kappa shape index (κ1) is 20.5. The van der Waals surface area contributed by atoms with E-state index in [9.17, 15) is 14.7 Å².